The van der Waals surface area contributed by atoms with E-state index in [4.69, 9.17) is 33.3 Å². The Hall–Kier alpha value is -6.10. The first-order chi connectivity index (χ1) is 24.1. The number of carboxylic acids is 1. The van der Waals surface area contributed by atoms with E-state index in [0.717, 1.165) is 22.4 Å². The number of carbonyl (C=O) groups is 1. The molecule has 0 amide bonds. The summed E-state index contributed by atoms with van der Waals surface area (Å²) in [4.78, 5) is 20.2. The van der Waals surface area contributed by atoms with Crippen molar-refractivity contribution in [1.29, 1.82) is 0 Å². The molecular weight excluding hydrogens is 636 g/mol. The van der Waals surface area contributed by atoms with Crippen molar-refractivity contribution in [2.24, 2.45) is 0 Å². The molecule has 3 aromatic heterocycles. The monoisotopic (exact) mass is 674 g/mol. The van der Waals surface area contributed by atoms with E-state index in [1.807, 2.05) is 73.8 Å². The van der Waals surface area contributed by atoms with Gasteiger partial charge >= 0.3 is 5.97 Å². The van der Waals surface area contributed by atoms with Crippen LogP contribution >= 0.6 is 0 Å². The van der Waals surface area contributed by atoms with Crippen molar-refractivity contribution in [2.75, 3.05) is 7.11 Å². The fourth-order valence-corrected chi connectivity index (χ4v) is 5.04. The van der Waals surface area contributed by atoms with Gasteiger partial charge < -0.3 is 28.2 Å². The molecule has 0 aliphatic heterocycles. The molecule has 50 heavy (non-hydrogen) atoms. The van der Waals surface area contributed by atoms with Crippen LogP contribution in [0, 0.1) is 6.92 Å². The Morgan fingerprint density at radius 1 is 0.920 bits per heavy atom. The Bertz CT molecular complexity index is 2100. The predicted molar refractivity (Wildman–Crippen MR) is 187 cm³/mol. The molecule has 0 bridgehead atoms. The van der Waals surface area contributed by atoms with Crippen LogP contribution in [-0.2, 0) is 29.8 Å². The topological polar surface area (TPSA) is 135 Å². The maximum absolute atomic E-state index is 11.0. The van der Waals surface area contributed by atoms with E-state index in [9.17, 15) is 4.79 Å². The molecule has 256 valence electrons. The number of aliphatic carboxylic acids is 1. The highest BCUT2D eigenvalue weighted by molar-refractivity contribution is 5.71. The molecule has 11 nitrogen and oxygen atoms in total. The molecule has 0 radical (unpaired) electrons. The lowest BCUT2D eigenvalue weighted by Crippen LogP contribution is -2.11. The first kappa shape index (κ1) is 33.8. The van der Waals surface area contributed by atoms with Gasteiger partial charge in [0.05, 0.1) is 24.8 Å². The second kappa shape index (κ2) is 14.6. The van der Waals surface area contributed by atoms with E-state index >= 15 is 0 Å². The van der Waals surface area contributed by atoms with Crippen molar-refractivity contribution in [2.45, 2.75) is 52.7 Å². The molecule has 11 heteroatoms. The minimum Gasteiger partial charge on any atom is -0.493 e. The maximum atomic E-state index is 11.0. The van der Waals surface area contributed by atoms with Gasteiger partial charge in [-0.1, -0.05) is 57.2 Å². The summed E-state index contributed by atoms with van der Waals surface area (Å²) in [6.07, 6.45) is 7.30. The number of oxazole rings is 2. The summed E-state index contributed by atoms with van der Waals surface area (Å²) in [7, 11) is 1.58. The molecule has 0 spiro atoms. The number of hydrogen-bond acceptors (Lipinski definition) is 9. The van der Waals surface area contributed by atoms with Gasteiger partial charge in [-0.3, -0.25) is 4.79 Å². The molecule has 0 aliphatic rings. The number of aryl methyl sites for hydroxylation is 1. The highest BCUT2D eigenvalue weighted by Crippen LogP contribution is 2.31. The third-order valence-corrected chi connectivity index (χ3v) is 7.74. The lowest BCUT2D eigenvalue weighted by Gasteiger charge is -2.12. The van der Waals surface area contributed by atoms with Gasteiger partial charge in [-0.05, 0) is 66.6 Å². The van der Waals surface area contributed by atoms with E-state index in [1.165, 1.54) is 0 Å². The Kier molecular flexibility index (Phi) is 9.85. The molecule has 0 saturated heterocycles. The summed E-state index contributed by atoms with van der Waals surface area (Å²) in [5, 5.41) is 13.7. The van der Waals surface area contributed by atoms with Gasteiger partial charge in [0, 0.05) is 17.2 Å². The van der Waals surface area contributed by atoms with E-state index in [1.54, 1.807) is 42.3 Å². The number of hydrogen-bond donors (Lipinski definition) is 1. The van der Waals surface area contributed by atoms with Gasteiger partial charge in [0.1, 0.15) is 36.6 Å². The zero-order valence-corrected chi connectivity index (χ0v) is 28.5. The average Bonchev–Trinajstić information content (AvgIpc) is 3.85. The smallest absolute Gasteiger partial charge is 0.307 e. The number of methoxy groups -OCH3 is 1. The molecule has 0 aliphatic carbocycles. The van der Waals surface area contributed by atoms with Crippen molar-refractivity contribution >= 4 is 18.1 Å². The third kappa shape index (κ3) is 8.12. The van der Waals surface area contributed by atoms with E-state index in [2.05, 4.69) is 30.7 Å². The summed E-state index contributed by atoms with van der Waals surface area (Å²) >= 11 is 0. The van der Waals surface area contributed by atoms with Gasteiger partial charge in [0.25, 0.3) is 0 Å². The highest BCUT2D eigenvalue weighted by atomic mass is 16.5. The molecule has 0 unspecified atom stereocenters. The number of ether oxygens (including phenoxy) is 3. The Balaban J connectivity index is 1.14. The molecule has 3 heterocycles. The van der Waals surface area contributed by atoms with Crippen LogP contribution in [0.15, 0.2) is 94.1 Å². The maximum Gasteiger partial charge on any atom is 0.307 e. The van der Waals surface area contributed by atoms with Crippen LogP contribution in [0.4, 0.5) is 0 Å². The second-order valence-electron chi connectivity index (χ2n) is 12.7. The summed E-state index contributed by atoms with van der Waals surface area (Å²) in [5.74, 6) is 2.37. The van der Waals surface area contributed by atoms with Crippen molar-refractivity contribution in [3.8, 4) is 34.5 Å². The lowest BCUT2D eigenvalue weighted by molar-refractivity contribution is -0.136. The van der Waals surface area contributed by atoms with Gasteiger partial charge in [0.2, 0.25) is 11.8 Å². The highest BCUT2D eigenvalue weighted by Gasteiger charge is 2.20. The molecule has 0 saturated carbocycles. The van der Waals surface area contributed by atoms with Crippen molar-refractivity contribution in [3.05, 3.63) is 125 Å². The zero-order valence-electron chi connectivity index (χ0n) is 28.5. The van der Waals surface area contributed by atoms with Crippen molar-refractivity contribution < 1.29 is 32.9 Å². The van der Waals surface area contributed by atoms with Crippen LogP contribution in [-0.4, -0.2) is 37.9 Å². The standard InChI is InChI=1S/C39H38N4O7/c1-25-32(41-36(50-25)28-14-11-26(12-15-28)20-35(44)45)24-47-33-18-13-27(19-34(33)46-5)22-48-37-29(21-43(42-37)31-9-7-6-8-10-31)16-17-30-23-49-38(40-30)39(2,3)4/h6-19,21,23H,20,22,24H2,1-5H3,(H,44,45). The van der Waals surface area contributed by atoms with E-state index < -0.39 is 5.97 Å². The summed E-state index contributed by atoms with van der Waals surface area (Å²) in [6.45, 7) is 8.38. The van der Waals surface area contributed by atoms with Crippen LogP contribution in [0.25, 0.3) is 29.3 Å². The van der Waals surface area contributed by atoms with E-state index in [0.29, 0.717) is 51.9 Å². The third-order valence-electron chi connectivity index (χ3n) is 7.74. The number of para-hydroxylation sites is 1. The number of rotatable bonds is 13. The Labute approximate surface area is 289 Å². The fourth-order valence-electron chi connectivity index (χ4n) is 5.04. The number of aromatic nitrogens is 4. The molecular formula is C39H38N4O7. The largest absolute Gasteiger partial charge is 0.493 e. The number of benzene rings is 3. The van der Waals surface area contributed by atoms with Crippen molar-refractivity contribution in [3.63, 3.8) is 0 Å². The van der Waals surface area contributed by atoms with Crippen LogP contribution in [0.3, 0.4) is 0 Å². The first-order valence-corrected chi connectivity index (χ1v) is 16.0. The zero-order chi connectivity index (χ0) is 35.3. The normalized spacial score (nSPS) is 11.6. The SMILES string of the molecule is COc1cc(COc2nn(-c3ccccc3)cc2C=Cc2coc(C(C)(C)C)n2)ccc1OCc1nc(-c2ccc(CC(=O)O)cc2)oc1C. The van der Waals surface area contributed by atoms with Crippen LogP contribution in [0.5, 0.6) is 17.4 Å². The average molecular weight is 675 g/mol. The second-order valence-corrected chi connectivity index (χ2v) is 12.7. The number of carboxylic acid groups (broad SMARTS) is 1. The molecule has 6 rings (SSSR count). The van der Waals surface area contributed by atoms with Gasteiger partial charge in [-0.2, -0.15) is 0 Å². The van der Waals surface area contributed by atoms with Crippen LogP contribution < -0.4 is 14.2 Å². The van der Waals surface area contributed by atoms with Gasteiger partial charge in [0.15, 0.2) is 17.4 Å². The molecule has 0 fully saturated rings. The molecule has 6 aromatic rings. The van der Waals surface area contributed by atoms with Gasteiger partial charge in [-0.15, -0.1) is 5.10 Å². The minimum absolute atomic E-state index is 0.0445. The summed E-state index contributed by atoms with van der Waals surface area (Å²) in [5.41, 5.74) is 5.13. The molecule has 0 atom stereocenters. The van der Waals surface area contributed by atoms with Gasteiger partial charge in [-0.25, -0.2) is 14.6 Å². The first-order valence-electron chi connectivity index (χ1n) is 16.0. The van der Waals surface area contributed by atoms with Crippen molar-refractivity contribution in [1.82, 2.24) is 19.7 Å². The number of nitrogens with zero attached hydrogens (tertiary/aromatic N) is 4. The summed E-state index contributed by atoms with van der Waals surface area (Å²) < 4.78 is 31.4. The Morgan fingerprint density at radius 3 is 2.38 bits per heavy atom. The predicted octanol–water partition coefficient (Wildman–Crippen LogP) is 8.09. The quantitative estimate of drug-likeness (QED) is 0.128. The van der Waals surface area contributed by atoms with E-state index in [-0.39, 0.29) is 25.0 Å². The van der Waals surface area contributed by atoms with Crippen LogP contribution in [0.2, 0.25) is 0 Å². The molecule has 3 aromatic carbocycles. The Morgan fingerprint density at radius 2 is 1.68 bits per heavy atom. The minimum atomic E-state index is -0.882. The lowest BCUT2D eigenvalue weighted by atomic mass is 9.97. The molecule has 1 N–H and O–H groups in total. The van der Waals surface area contributed by atoms with Crippen LogP contribution in [0.1, 0.15) is 60.5 Å². The fraction of sp³-hybridized carbons (Fsp3) is 0.231. The summed E-state index contributed by atoms with van der Waals surface area (Å²) in [6, 6.07) is 22.5.